The van der Waals surface area contributed by atoms with Gasteiger partial charge in [0.15, 0.2) is 5.60 Å². The summed E-state index contributed by atoms with van der Waals surface area (Å²) >= 11 is 0. The molecule has 3 aromatic rings. The van der Waals surface area contributed by atoms with E-state index in [9.17, 15) is 4.79 Å². The number of benzene rings is 3. The second-order valence-corrected chi connectivity index (χ2v) is 6.88. The molecular weight excluding hydrogens is 324 g/mol. The summed E-state index contributed by atoms with van der Waals surface area (Å²) in [6, 6.07) is 17.8. The molecule has 1 spiro atoms. The fraction of sp³-hybridized carbons (Fsp3) is 0.174. The van der Waals surface area contributed by atoms with E-state index in [-0.39, 0.29) is 5.78 Å². The number of hydrogen-bond acceptors (Lipinski definition) is 3. The van der Waals surface area contributed by atoms with Crippen molar-refractivity contribution >= 4 is 22.6 Å². The van der Waals surface area contributed by atoms with Gasteiger partial charge in [-0.15, -0.1) is 0 Å². The van der Waals surface area contributed by atoms with Gasteiger partial charge in [-0.2, -0.15) is 0 Å². The SMILES string of the molecule is COc1ccc2c3c(ccc2c1)OC1(C=C3)CCc2ccccc2C1=O. The van der Waals surface area contributed by atoms with Gasteiger partial charge in [-0.3, -0.25) is 4.79 Å². The molecule has 26 heavy (non-hydrogen) atoms. The maximum atomic E-state index is 13.2. The molecule has 0 radical (unpaired) electrons. The van der Waals surface area contributed by atoms with E-state index in [0.717, 1.165) is 45.4 Å². The summed E-state index contributed by atoms with van der Waals surface area (Å²) in [5.74, 6) is 1.64. The third-order valence-corrected chi connectivity index (χ3v) is 5.45. The standard InChI is InChI=1S/C23H18O3/c1-25-17-7-8-18-16(14-17)6-9-21-20(18)11-13-23(26-21)12-10-15-4-2-3-5-19(15)22(23)24/h2-9,11,13-14H,10,12H2,1H3. The van der Waals surface area contributed by atoms with Gasteiger partial charge in [-0.1, -0.05) is 36.4 Å². The molecule has 0 saturated heterocycles. The van der Waals surface area contributed by atoms with Crippen LogP contribution >= 0.6 is 0 Å². The second kappa shape index (κ2) is 5.46. The number of hydrogen-bond donors (Lipinski definition) is 0. The molecule has 0 amide bonds. The third kappa shape index (κ3) is 2.10. The predicted octanol–water partition coefficient (Wildman–Crippen LogP) is 4.82. The highest BCUT2D eigenvalue weighted by Crippen LogP contribution is 2.42. The van der Waals surface area contributed by atoms with E-state index in [1.54, 1.807) is 7.11 Å². The molecule has 0 fully saturated rings. The summed E-state index contributed by atoms with van der Waals surface area (Å²) in [5.41, 5.74) is 2.01. The van der Waals surface area contributed by atoms with Gasteiger partial charge in [-0.25, -0.2) is 0 Å². The van der Waals surface area contributed by atoms with Crippen molar-refractivity contribution in [2.24, 2.45) is 0 Å². The minimum absolute atomic E-state index is 0.0519. The number of carbonyl (C=O) groups excluding carboxylic acids is 1. The first-order valence-corrected chi connectivity index (χ1v) is 8.82. The van der Waals surface area contributed by atoms with Gasteiger partial charge in [0.1, 0.15) is 11.5 Å². The molecule has 0 saturated carbocycles. The molecule has 0 aromatic heterocycles. The molecule has 3 heteroatoms. The number of aryl methyl sites for hydroxylation is 1. The van der Waals surface area contributed by atoms with E-state index in [4.69, 9.17) is 9.47 Å². The van der Waals surface area contributed by atoms with Crippen molar-refractivity contribution in [3.63, 3.8) is 0 Å². The van der Waals surface area contributed by atoms with E-state index in [1.165, 1.54) is 0 Å². The monoisotopic (exact) mass is 342 g/mol. The van der Waals surface area contributed by atoms with Crippen molar-refractivity contribution in [2.75, 3.05) is 7.11 Å². The minimum atomic E-state index is -0.887. The van der Waals surface area contributed by atoms with Gasteiger partial charge >= 0.3 is 0 Å². The number of Topliss-reactive ketones (excluding diaryl/α,β-unsaturated/α-hetero) is 1. The van der Waals surface area contributed by atoms with Crippen molar-refractivity contribution in [3.8, 4) is 11.5 Å². The van der Waals surface area contributed by atoms with Gasteiger partial charge in [0, 0.05) is 17.5 Å². The van der Waals surface area contributed by atoms with Crippen molar-refractivity contribution in [2.45, 2.75) is 18.4 Å². The Morgan fingerprint density at radius 3 is 2.85 bits per heavy atom. The fourth-order valence-corrected chi connectivity index (χ4v) is 4.03. The van der Waals surface area contributed by atoms with Crippen molar-refractivity contribution in [1.29, 1.82) is 0 Å². The number of fused-ring (bicyclic) bond motifs is 4. The first-order valence-electron chi connectivity index (χ1n) is 8.82. The first kappa shape index (κ1) is 15.2. The molecule has 3 aromatic carbocycles. The highest BCUT2D eigenvalue weighted by atomic mass is 16.5. The smallest absolute Gasteiger partial charge is 0.210 e. The summed E-state index contributed by atoms with van der Waals surface area (Å²) in [6.07, 6.45) is 5.49. The van der Waals surface area contributed by atoms with Crippen LogP contribution in [0.4, 0.5) is 0 Å². The maximum absolute atomic E-state index is 13.2. The Balaban J connectivity index is 1.60. The zero-order valence-corrected chi connectivity index (χ0v) is 14.5. The van der Waals surface area contributed by atoms with Gasteiger partial charge in [0.25, 0.3) is 0 Å². The lowest BCUT2D eigenvalue weighted by atomic mass is 9.77. The molecule has 3 nitrogen and oxygen atoms in total. The number of carbonyl (C=O) groups is 1. The number of ether oxygens (including phenoxy) is 2. The van der Waals surface area contributed by atoms with Crippen LogP contribution in [-0.2, 0) is 6.42 Å². The lowest BCUT2D eigenvalue weighted by Gasteiger charge is -2.37. The van der Waals surface area contributed by atoms with Crippen molar-refractivity contribution in [3.05, 3.63) is 77.4 Å². The Morgan fingerprint density at radius 2 is 1.96 bits per heavy atom. The van der Waals surface area contributed by atoms with E-state index >= 15 is 0 Å². The molecule has 128 valence electrons. The quantitative estimate of drug-likeness (QED) is 0.636. The number of ketones is 1. The van der Waals surface area contributed by atoms with Crippen LogP contribution in [0.25, 0.3) is 16.8 Å². The van der Waals surface area contributed by atoms with Crippen LogP contribution in [0.3, 0.4) is 0 Å². The molecule has 1 aliphatic heterocycles. The van der Waals surface area contributed by atoms with Crippen LogP contribution in [0, 0.1) is 0 Å². The molecule has 1 atom stereocenters. The molecule has 0 N–H and O–H groups in total. The Labute approximate surface area is 151 Å². The van der Waals surface area contributed by atoms with E-state index in [0.29, 0.717) is 6.42 Å². The Bertz CT molecular complexity index is 1080. The van der Waals surface area contributed by atoms with E-state index in [2.05, 4.69) is 0 Å². The van der Waals surface area contributed by atoms with Crippen LogP contribution in [0.2, 0.25) is 0 Å². The zero-order valence-electron chi connectivity index (χ0n) is 14.5. The molecule has 1 aliphatic carbocycles. The molecule has 1 heterocycles. The summed E-state index contributed by atoms with van der Waals surface area (Å²) in [6.45, 7) is 0. The molecular formula is C23H18O3. The summed E-state index contributed by atoms with van der Waals surface area (Å²) in [5, 5.41) is 2.19. The Morgan fingerprint density at radius 1 is 1.08 bits per heavy atom. The van der Waals surface area contributed by atoms with E-state index in [1.807, 2.05) is 66.7 Å². The highest BCUT2D eigenvalue weighted by Gasteiger charge is 2.44. The van der Waals surface area contributed by atoms with Crippen molar-refractivity contribution < 1.29 is 14.3 Å². The van der Waals surface area contributed by atoms with Crippen LogP contribution < -0.4 is 9.47 Å². The van der Waals surface area contributed by atoms with Gasteiger partial charge < -0.3 is 9.47 Å². The molecule has 2 aliphatic rings. The zero-order chi connectivity index (χ0) is 17.7. The topological polar surface area (TPSA) is 35.5 Å². The van der Waals surface area contributed by atoms with Crippen molar-refractivity contribution in [1.82, 2.24) is 0 Å². The normalized spacial score (nSPS) is 20.6. The minimum Gasteiger partial charge on any atom is -0.497 e. The number of methoxy groups -OCH3 is 1. The number of rotatable bonds is 1. The average molecular weight is 342 g/mol. The van der Waals surface area contributed by atoms with Gasteiger partial charge in [0.2, 0.25) is 5.78 Å². The summed E-state index contributed by atoms with van der Waals surface area (Å²) in [7, 11) is 1.67. The van der Waals surface area contributed by atoms with Crippen LogP contribution in [-0.4, -0.2) is 18.5 Å². The van der Waals surface area contributed by atoms with Crippen LogP contribution in [0.5, 0.6) is 11.5 Å². The average Bonchev–Trinajstić information content (AvgIpc) is 2.70. The summed E-state index contributed by atoms with van der Waals surface area (Å²) < 4.78 is 11.6. The van der Waals surface area contributed by atoms with Crippen LogP contribution in [0.15, 0.2) is 60.7 Å². The summed E-state index contributed by atoms with van der Waals surface area (Å²) in [4.78, 5) is 13.2. The largest absolute Gasteiger partial charge is 0.497 e. The first-order chi connectivity index (χ1) is 12.7. The maximum Gasteiger partial charge on any atom is 0.210 e. The highest BCUT2D eigenvalue weighted by molar-refractivity contribution is 6.08. The molecule has 1 unspecified atom stereocenters. The van der Waals surface area contributed by atoms with Gasteiger partial charge in [0.05, 0.1) is 7.11 Å². The van der Waals surface area contributed by atoms with E-state index < -0.39 is 5.60 Å². The lowest BCUT2D eigenvalue weighted by Crippen LogP contribution is -2.47. The molecule has 5 rings (SSSR count). The third-order valence-electron chi connectivity index (χ3n) is 5.45. The van der Waals surface area contributed by atoms with Crippen LogP contribution in [0.1, 0.15) is 27.9 Å². The lowest BCUT2D eigenvalue weighted by molar-refractivity contribution is 0.0561. The fourth-order valence-electron chi connectivity index (χ4n) is 4.03. The Kier molecular flexibility index (Phi) is 3.20. The Hall–Kier alpha value is -3.07. The predicted molar refractivity (Wildman–Crippen MR) is 102 cm³/mol. The molecule has 0 bridgehead atoms. The van der Waals surface area contributed by atoms with Gasteiger partial charge in [-0.05, 0) is 53.1 Å². The second-order valence-electron chi connectivity index (χ2n) is 6.88.